The standard InChI is InChI=1S/C8H14ClNO3/c9-4-3-10-2-1-5(11)6(10)8(13)7(4)12/h4-8,11-13H,1-3H2/t4-,5-,6+,7+,8+/m0/s1. The molecule has 2 rings (SSSR count). The van der Waals surface area contributed by atoms with Crippen molar-refractivity contribution in [2.45, 2.75) is 36.2 Å². The molecule has 0 aliphatic carbocycles. The molecule has 0 bridgehead atoms. The number of nitrogens with zero attached hydrogens (tertiary/aromatic N) is 1. The first kappa shape index (κ1) is 9.68. The molecule has 0 amide bonds. The van der Waals surface area contributed by atoms with Gasteiger partial charge in [0, 0.05) is 13.1 Å². The molecule has 0 saturated carbocycles. The van der Waals surface area contributed by atoms with Crippen LogP contribution in [-0.2, 0) is 0 Å². The van der Waals surface area contributed by atoms with Gasteiger partial charge in [0.05, 0.1) is 29.7 Å². The maximum absolute atomic E-state index is 9.65. The van der Waals surface area contributed by atoms with E-state index in [1.54, 1.807) is 0 Å². The fraction of sp³-hybridized carbons (Fsp3) is 1.00. The van der Waals surface area contributed by atoms with Crippen molar-refractivity contribution < 1.29 is 15.3 Å². The molecule has 2 fully saturated rings. The Kier molecular flexibility index (Phi) is 2.51. The summed E-state index contributed by atoms with van der Waals surface area (Å²) in [4.78, 5) is 1.94. The van der Waals surface area contributed by atoms with Crippen LogP contribution >= 0.6 is 11.6 Å². The second-order valence-corrected chi connectivity index (χ2v) is 4.40. The largest absolute Gasteiger partial charge is 0.391 e. The predicted octanol–water partition coefficient (Wildman–Crippen LogP) is -1.24. The fourth-order valence-electron chi connectivity index (χ4n) is 2.27. The van der Waals surface area contributed by atoms with Crippen LogP contribution in [0.15, 0.2) is 0 Å². The molecule has 0 aromatic rings. The van der Waals surface area contributed by atoms with Crippen molar-refractivity contribution in [1.29, 1.82) is 0 Å². The highest BCUT2D eigenvalue weighted by Gasteiger charge is 2.47. The van der Waals surface area contributed by atoms with Crippen molar-refractivity contribution in [3.8, 4) is 0 Å². The number of aliphatic hydroxyl groups is 3. The third-order valence-electron chi connectivity index (χ3n) is 3.01. The van der Waals surface area contributed by atoms with Gasteiger partial charge in [0.1, 0.15) is 0 Å². The topological polar surface area (TPSA) is 63.9 Å². The maximum Gasteiger partial charge on any atom is 0.0994 e. The summed E-state index contributed by atoms with van der Waals surface area (Å²) in [5, 5.41) is 28.3. The van der Waals surface area contributed by atoms with Crippen LogP contribution in [0.1, 0.15) is 6.42 Å². The molecule has 2 aliphatic heterocycles. The Morgan fingerprint density at radius 3 is 2.54 bits per heavy atom. The molecule has 5 heteroatoms. The number of halogens is 1. The van der Waals surface area contributed by atoms with Gasteiger partial charge >= 0.3 is 0 Å². The summed E-state index contributed by atoms with van der Waals surface area (Å²) in [5.74, 6) is 0. The smallest absolute Gasteiger partial charge is 0.0994 e. The van der Waals surface area contributed by atoms with Gasteiger partial charge in [-0.3, -0.25) is 4.90 Å². The van der Waals surface area contributed by atoms with E-state index in [0.717, 1.165) is 6.54 Å². The first-order valence-electron chi connectivity index (χ1n) is 4.53. The Morgan fingerprint density at radius 2 is 1.85 bits per heavy atom. The quantitative estimate of drug-likeness (QED) is 0.435. The van der Waals surface area contributed by atoms with Crippen LogP contribution < -0.4 is 0 Å². The van der Waals surface area contributed by atoms with Crippen LogP contribution in [0, 0.1) is 0 Å². The van der Waals surface area contributed by atoms with Gasteiger partial charge in [-0.2, -0.15) is 0 Å². The number of hydrogen-bond donors (Lipinski definition) is 3. The van der Waals surface area contributed by atoms with E-state index in [4.69, 9.17) is 11.6 Å². The van der Waals surface area contributed by atoms with Gasteiger partial charge in [-0.25, -0.2) is 0 Å². The summed E-state index contributed by atoms with van der Waals surface area (Å²) in [5.41, 5.74) is 0. The Bertz CT molecular complexity index is 204. The highest BCUT2D eigenvalue weighted by Crippen LogP contribution is 2.29. The monoisotopic (exact) mass is 207 g/mol. The minimum absolute atomic E-state index is 0.329. The van der Waals surface area contributed by atoms with Crippen molar-refractivity contribution in [3.63, 3.8) is 0 Å². The van der Waals surface area contributed by atoms with Gasteiger partial charge in [-0.05, 0) is 6.42 Å². The minimum atomic E-state index is -0.922. The van der Waals surface area contributed by atoms with Crippen molar-refractivity contribution in [2.75, 3.05) is 13.1 Å². The molecule has 2 aliphatic rings. The van der Waals surface area contributed by atoms with Crippen LogP contribution in [-0.4, -0.2) is 63.0 Å². The number of fused-ring (bicyclic) bond motifs is 1. The molecule has 2 saturated heterocycles. The van der Waals surface area contributed by atoms with Gasteiger partial charge in [-0.1, -0.05) is 0 Å². The molecule has 0 aromatic heterocycles. The van der Waals surface area contributed by atoms with Crippen LogP contribution in [0.3, 0.4) is 0 Å². The second-order valence-electron chi connectivity index (χ2n) is 3.84. The lowest BCUT2D eigenvalue weighted by Crippen LogP contribution is -2.59. The molecule has 2 heterocycles. The summed E-state index contributed by atoms with van der Waals surface area (Å²) in [6.07, 6.45) is -1.73. The first-order chi connectivity index (χ1) is 6.11. The van der Waals surface area contributed by atoms with Crippen LogP contribution in [0.2, 0.25) is 0 Å². The molecule has 3 N–H and O–H groups in total. The average Bonchev–Trinajstić information content (AvgIpc) is 2.43. The number of alkyl halides is 1. The van der Waals surface area contributed by atoms with E-state index >= 15 is 0 Å². The lowest BCUT2D eigenvalue weighted by molar-refractivity contribution is -0.0837. The zero-order valence-electron chi connectivity index (χ0n) is 7.17. The molecule has 0 spiro atoms. The minimum Gasteiger partial charge on any atom is -0.391 e. The SMILES string of the molecule is O[C@H]1[C@H](O)[C@@H](Cl)CN2CC[C@H](O)[C@H]12. The Labute approximate surface area is 81.7 Å². The van der Waals surface area contributed by atoms with E-state index in [9.17, 15) is 15.3 Å². The summed E-state index contributed by atoms with van der Waals surface area (Å²) >= 11 is 5.84. The Hall–Kier alpha value is 0.130. The zero-order chi connectivity index (χ0) is 9.59. The molecule has 76 valence electrons. The molecule has 0 radical (unpaired) electrons. The van der Waals surface area contributed by atoms with Gasteiger partial charge < -0.3 is 15.3 Å². The van der Waals surface area contributed by atoms with Crippen molar-refractivity contribution >= 4 is 11.6 Å². The molecular weight excluding hydrogens is 194 g/mol. The normalized spacial score (nSPS) is 52.2. The van der Waals surface area contributed by atoms with Crippen molar-refractivity contribution in [1.82, 2.24) is 4.90 Å². The third kappa shape index (κ3) is 1.47. The van der Waals surface area contributed by atoms with Gasteiger partial charge in [0.2, 0.25) is 0 Å². The van der Waals surface area contributed by atoms with Crippen LogP contribution in [0.25, 0.3) is 0 Å². The van der Waals surface area contributed by atoms with Crippen molar-refractivity contribution in [3.05, 3.63) is 0 Å². The number of piperidine rings is 1. The number of hydrogen-bond acceptors (Lipinski definition) is 4. The van der Waals surface area contributed by atoms with Crippen molar-refractivity contribution in [2.24, 2.45) is 0 Å². The first-order valence-corrected chi connectivity index (χ1v) is 4.97. The highest BCUT2D eigenvalue weighted by molar-refractivity contribution is 6.21. The van der Waals surface area contributed by atoms with Gasteiger partial charge in [0.25, 0.3) is 0 Å². The van der Waals surface area contributed by atoms with E-state index in [1.165, 1.54) is 0 Å². The molecule has 5 atom stereocenters. The second kappa shape index (κ2) is 3.37. The average molecular weight is 208 g/mol. The maximum atomic E-state index is 9.65. The van der Waals surface area contributed by atoms with Gasteiger partial charge in [0.15, 0.2) is 0 Å². The Morgan fingerprint density at radius 1 is 1.15 bits per heavy atom. The summed E-state index contributed by atoms with van der Waals surface area (Å²) < 4.78 is 0. The predicted molar refractivity (Wildman–Crippen MR) is 47.6 cm³/mol. The zero-order valence-corrected chi connectivity index (χ0v) is 7.93. The Balaban J connectivity index is 2.15. The number of rotatable bonds is 0. The summed E-state index contributed by atoms with van der Waals surface area (Å²) in [7, 11) is 0. The van der Waals surface area contributed by atoms with E-state index < -0.39 is 23.7 Å². The van der Waals surface area contributed by atoms with E-state index in [1.807, 2.05) is 4.90 Å². The molecular formula is C8H14ClNO3. The molecule has 13 heavy (non-hydrogen) atoms. The van der Waals surface area contributed by atoms with Gasteiger partial charge in [-0.15, -0.1) is 11.6 Å². The van der Waals surface area contributed by atoms with Crippen LogP contribution in [0.4, 0.5) is 0 Å². The van der Waals surface area contributed by atoms with E-state index in [-0.39, 0.29) is 6.04 Å². The third-order valence-corrected chi connectivity index (χ3v) is 3.40. The molecule has 0 aromatic carbocycles. The molecule has 4 nitrogen and oxygen atoms in total. The lowest BCUT2D eigenvalue weighted by Gasteiger charge is -2.40. The van der Waals surface area contributed by atoms with E-state index in [0.29, 0.717) is 13.0 Å². The highest BCUT2D eigenvalue weighted by atomic mass is 35.5. The number of aliphatic hydroxyl groups excluding tert-OH is 3. The lowest BCUT2D eigenvalue weighted by atomic mass is 9.94. The summed E-state index contributed by atoms with van der Waals surface area (Å²) in [6, 6.07) is -0.329. The molecule has 0 unspecified atom stereocenters. The van der Waals surface area contributed by atoms with Crippen LogP contribution in [0.5, 0.6) is 0 Å². The van der Waals surface area contributed by atoms with E-state index in [2.05, 4.69) is 0 Å². The summed E-state index contributed by atoms with van der Waals surface area (Å²) in [6.45, 7) is 1.29. The fourth-order valence-corrected chi connectivity index (χ4v) is 2.59.